The number of oxazole rings is 1. The summed E-state index contributed by atoms with van der Waals surface area (Å²) >= 11 is 0. The first-order valence-corrected chi connectivity index (χ1v) is 7.99. The molecule has 2 heterocycles. The third kappa shape index (κ3) is 3.60. The zero-order valence-corrected chi connectivity index (χ0v) is 14.4. The average Bonchev–Trinajstić information content (AvgIpc) is 3.21. The Bertz CT molecular complexity index is 883. The summed E-state index contributed by atoms with van der Waals surface area (Å²) in [5, 5.41) is 4.26. The second kappa shape index (κ2) is 6.88. The van der Waals surface area contributed by atoms with Gasteiger partial charge in [0.05, 0.1) is 17.6 Å². The lowest BCUT2D eigenvalue weighted by Crippen LogP contribution is -2.26. The normalized spacial score (nSPS) is 10.9. The van der Waals surface area contributed by atoms with Crippen LogP contribution in [-0.2, 0) is 13.0 Å². The van der Waals surface area contributed by atoms with Crippen molar-refractivity contribution in [3.63, 3.8) is 0 Å². The van der Waals surface area contributed by atoms with Crippen LogP contribution in [0.25, 0.3) is 5.69 Å². The molecule has 0 N–H and O–H groups in total. The van der Waals surface area contributed by atoms with Crippen LogP contribution < -0.4 is 0 Å². The molecule has 0 atom stereocenters. The molecule has 3 aromatic rings. The SMILES string of the molecule is CCc1nc(C)c(C(=O)N(C)Cc2cnn(-c3ccc(F)cc3)c2)o1. The van der Waals surface area contributed by atoms with Crippen molar-refractivity contribution in [1.82, 2.24) is 19.7 Å². The Morgan fingerprint density at radius 3 is 2.68 bits per heavy atom. The van der Waals surface area contributed by atoms with E-state index in [0.29, 0.717) is 24.6 Å². The summed E-state index contributed by atoms with van der Waals surface area (Å²) in [5.41, 5.74) is 2.20. The number of amides is 1. The minimum absolute atomic E-state index is 0.223. The van der Waals surface area contributed by atoms with Gasteiger partial charge in [-0.15, -0.1) is 0 Å². The Kier molecular flexibility index (Phi) is 4.65. The zero-order chi connectivity index (χ0) is 18.0. The summed E-state index contributed by atoms with van der Waals surface area (Å²) in [6.45, 7) is 4.06. The van der Waals surface area contributed by atoms with E-state index in [1.54, 1.807) is 41.9 Å². The molecular formula is C18H19FN4O2. The number of aromatic nitrogens is 3. The second-order valence-corrected chi connectivity index (χ2v) is 5.81. The molecule has 7 heteroatoms. The smallest absolute Gasteiger partial charge is 0.291 e. The zero-order valence-electron chi connectivity index (χ0n) is 14.4. The van der Waals surface area contributed by atoms with Crippen molar-refractivity contribution in [3.8, 4) is 5.69 Å². The van der Waals surface area contributed by atoms with Gasteiger partial charge in [0.25, 0.3) is 5.91 Å². The van der Waals surface area contributed by atoms with Gasteiger partial charge in [-0.3, -0.25) is 4.79 Å². The van der Waals surface area contributed by atoms with Crippen LogP contribution in [0.15, 0.2) is 41.1 Å². The van der Waals surface area contributed by atoms with Gasteiger partial charge in [-0.2, -0.15) is 5.10 Å². The first-order chi connectivity index (χ1) is 12.0. The molecule has 130 valence electrons. The summed E-state index contributed by atoms with van der Waals surface area (Å²) in [6.07, 6.45) is 4.13. The molecule has 0 aliphatic heterocycles. The topological polar surface area (TPSA) is 64.2 Å². The maximum Gasteiger partial charge on any atom is 0.291 e. The summed E-state index contributed by atoms with van der Waals surface area (Å²) < 4.78 is 20.2. The molecule has 2 aromatic heterocycles. The number of hydrogen-bond acceptors (Lipinski definition) is 4. The number of carbonyl (C=O) groups is 1. The highest BCUT2D eigenvalue weighted by molar-refractivity contribution is 5.92. The van der Waals surface area contributed by atoms with Gasteiger partial charge in [-0.1, -0.05) is 6.92 Å². The second-order valence-electron chi connectivity index (χ2n) is 5.81. The Balaban J connectivity index is 1.72. The fraction of sp³-hybridized carbons (Fsp3) is 0.278. The van der Waals surface area contributed by atoms with Crippen LogP contribution in [0.3, 0.4) is 0 Å². The molecule has 0 spiro atoms. The van der Waals surface area contributed by atoms with Gasteiger partial charge < -0.3 is 9.32 Å². The monoisotopic (exact) mass is 342 g/mol. The van der Waals surface area contributed by atoms with Crippen LogP contribution in [0.2, 0.25) is 0 Å². The third-order valence-corrected chi connectivity index (χ3v) is 3.83. The molecule has 0 aliphatic carbocycles. The Hall–Kier alpha value is -2.96. The van der Waals surface area contributed by atoms with Gasteiger partial charge in [0.2, 0.25) is 5.76 Å². The maximum atomic E-state index is 13.0. The fourth-order valence-electron chi connectivity index (χ4n) is 2.50. The van der Waals surface area contributed by atoms with Crippen molar-refractivity contribution < 1.29 is 13.6 Å². The van der Waals surface area contributed by atoms with Crippen LogP contribution in [0.4, 0.5) is 4.39 Å². The highest BCUT2D eigenvalue weighted by atomic mass is 19.1. The molecule has 0 bridgehead atoms. The minimum atomic E-state index is -0.296. The average molecular weight is 342 g/mol. The van der Waals surface area contributed by atoms with E-state index in [2.05, 4.69) is 10.1 Å². The van der Waals surface area contributed by atoms with Crippen LogP contribution in [0, 0.1) is 12.7 Å². The van der Waals surface area contributed by atoms with Crippen molar-refractivity contribution in [1.29, 1.82) is 0 Å². The number of carbonyl (C=O) groups excluding carboxylic acids is 1. The fourth-order valence-corrected chi connectivity index (χ4v) is 2.50. The van der Waals surface area contributed by atoms with Crippen molar-refractivity contribution in [2.75, 3.05) is 7.05 Å². The van der Waals surface area contributed by atoms with E-state index < -0.39 is 0 Å². The van der Waals surface area contributed by atoms with Gasteiger partial charge in [0.1, 0.15) is 5.82 Å². The summed E-state index contributed by atoms with van der Waals surface area (Å²) in [5.74, 6) is 0.304. The molecular weight excluding hydrogens is 323 g/mol. The van der Waals surface area contributed by atoms with Crippen molar-refractivity contribution in [2.24, 2.45) is 0 Å². The van der Waals surface area contributed by atoms with E-state index in [4.69, 9.17) is 4.42 Å². The van der Waals surface area contributed by atoms with Gasteiger partial charge in [0, 0.05) is 31.8 Å². The standard InChI is InChI=1S/C18H19FN4O2/c1-4-16-21-12(2)17(25-16)18(24)22(3)10-13-9-20-23(11-13)15-7-5-14(19)6-8-15/h5-9,11H,4,10H2,1-3H3. The van der Waals surface area contributed by atoms with Gasteiger partial charge >= 0.3 is 0 Å². The number of halogens is 1. The Morgan fingerprint density at radius 2 is 2.04 bits per heavy atom. The number of rotatable bonds is 5. The Labute approximate surface area is 144 Å². The molecule has 0 aliphatic rings. The van der Waals surface area contributed by atoms with Crippen molar-refractivity contribution >= 4 is 5.91 Å². The van der Waals surface area contributed by atoms with E-state index >= 15 is 0 Å². The predicted octanol–water partition coefficient (Wildman–Crippen LogP) is 3.14. The minimum Gasteiger partial charge on any atom is -0.435 e. The van der Waals surface area contributed by atoms with E-state index in [0.717, 1.165) is 11.3 Å². The quantitative estimate of drug-likeness (QED) is 0.714. The van der Waals surface area contributed by atoms with Crippen LogP contribution in [-0.4, -0.2) is 32.6 Å². The molecule has 6 nitrogen and oxygen atoms in total. The van der Waals surface area contributed by atoms with E-state index in [1.807, 2.05) is 13.1 Å². The third-order valence-electron chi connectivity index (χ3n) is 3.83. The lowest BCUT2D eigenvalue weighted by Gasteiger charge is -2.14. The molecule has 0 saturated carbocycles. The summed E-state index contributed by atoms with van der Waals surface area (Å²) in [6, 6.07) is 6.05. The number of hydrogen-bond donors (Lipinski definition) is 0. The maximum absolute atomic E-state index is 13.0. The van der Waals surface area contributed by atoms with Gasteiger partial charge in [0.15, 0.2) is 5.89 Å². The molecule has 1 amide bonds. The van der Waals surface area contributed by atoms with Gasteiger partial charge in [-0.25, -0.2) is 14.1 Å². The summed E-state index contributed by atoms with van der Waals surface area (Å²) in [7, 11) is 1.70. The van der Waals surface area contributed by atoms with Crippen LogP contribution in [0.5, 0.6) is 0 Å². The van der Waals surface area contributed by atoms with Gasteiger partial charge in [-0.05, 0) is 31.2 Å². The van der Waals surface area contributed by atoms with E-state index in [1.165, 1.54) is 12.1 Å². The number of aryl methyl sites for hydroxylation is 2. The molecule has 0 fully saturated rings. The molecule has 0 unspecified atom stereocenters. The highest BCUT2D eigenvalue weighted by Gasteiger charge is 2.21. The van der Waals surface area contributed by atoms with Crippen LogP contribution >= 0.6 is 0 Å². The largest absolute Gasteiger partial charge is 0.435 e. The number of nitrogens with zero attached hydrogens (tertiary/aromatic N) is 4. The van der Waals surface area contributed by atoms with Crippen molar-refractivity contribution in [2.45, 2.75) is 26.8 Å². The molecule has 0 saturated heterocycles. The highest BCUT2D eigenvalue weighted by Crippen LogP contribution is 2.15. The van der Waals surface area contributed by atoms with Crippen molar-refractivity contribution in [3.05, 3.63) is 65.4 Å². The predicted molar refractivity (Wildman–Crippen MR) is 89.9 cm³/mol. The molecule has 0 radical (unpaired) electrons. The lowest BCUT2D eigenvalue weighted by molar-refractivity contribution is 0.0750. The first kappa shape index (κ1) is 16.9. The lowest BCUT2D eigenvalue weighted by atomic mass is 10.3. The van der Waals surface area contributed by atoms with E-state index in [-0.39, 0.29) is 17.5 Å². The molecule has 3 rings (SSSR count). The summed E-state index contributed by atoms with van der Waals surface area (Å²) in [4.78, 5) is 18.3. The number of benzene rings is 1. The molecule has 1 aromatic carbocycles. The molecule has 25 heavy (non-hydrogen) atoms. The van der Waals surface area contributed by atoms with Crippen LogP contribution in [0.1, 0.15) is 34.6 Å². The Morgan fingerprint density at radius 1 is 1.32 bits per heavy atom. The first-order valence-electron chi connectivity index (χ1n) is 7.99. The van der Waals surface area contributed by atoms with E-state index in [9.17, 15) is 9.18 Å².